The molecule has 0 amide bonds. The van der Waals surface area contributed by atoms with Gasteiger partial charge in [-0.3, -0.25) is 4.90 Å². The summed E-state index contributed by atoms with van der Waals surface area (Å²) >= 11 is 0. The smallest absolute Gasteiger partial charge is 0.123 e. The van der Waals surface area contributed by atoms with Gasteiger partial charge in [-0.2, -0.15) is 5.26 Å². The van der Waals surface area contributed by atoms with Crippen molar-refractivity contribution in [1.29, 1.82) is 5.26 Å². The zero-order chi connectivity index (χ0) is 12.3. The first kappa shape index (κ1) is 12.0. The van der Waals surface area contributed by atoms with Crippen LogP contribution in [-0.4, -0.2) is 30.7 Å². The number of nitrogens with zero attached hydrogens (tertiary/aromatic N) is 2. The first-order valence-corrected chi connectivity index (χ1v) is 5.71. The van der Waals surface area contributed by atoms with E-state index in [1.807, 2.05) is 6.92 Å². The maximum atomic E-state index is 13.2. The summed E-state index contributed by atoms with van der Waals surface area (Å²) in [4.78, 5) is 2.18. The van der Waals surface area contributed by atoms with Gasteiger partial charge in [-0.1, -0.05) is 0 Å². The molecule has 1 aliphatic heterocycles. The Morgan fingerprint density at radius 2 is 2.41 bits per heavy atom. The third kappa shape index (κ3) is 3.02. The lowest BCUT2D eigenvalue weighted by molar-refractivity contribution is -0.0212. The largest absolute Gasteiger partial charge is 0.376 e. The SMILES string of the molecule is CC1CN(Cc2cc(F)ccc2C#N)CCO1. The van der Waals surface area contributed by atoms with Gasteiger partial charge in [-0.25, -0.2) is 4.39 Å². The molecule has 1 aliphatic rings. The number of ether oxygens (including phenoxy) is 1. The molecule has 1 aromatic rings. The van der Waals surface area contributed by atoms with Gasteiger partial charge in [0.2, 0.25) is 0 Å². The zero-order valence-corrected chi connectivity index (χ0v) is 9.82. The molecule has 90 valence electrons. The predicted molar refractivity (Wildman–Crippen MR) is 61.8 cm³/mol. The van der Waals surface area contributed by atoms with Crippen molar-refractivity contribution in [2.24, 2.45) is 0 Å². The van der Waals surface area contributed by atoms with Crippen LogP contribution in [0.2, 0.25) is 0 Å². The van der Waals surface area contributed by atoms with Crippen molar-refractivity contribution < 1.29 is 9.13 Å². The van der Waals surface area contributed by atoms with Crippen molar-refractivity contribution in [1.82, 2.24) is 4.90 Å². The van der Waals surface area contributed by atoms with Crippen LogP contribution in [0.5, 0.6) is 0 Å². The van der Waals surface area contributed by atoms with Crippen molar-refractivity contribution in [2.75, 3.05) is 19.7 Å². The molecule has 1 aromatic carbocycles. The van der Waals surface area contributed by atoms with E-state index >= 15 is 0 Å². The summed E-state index contributed by atoms with van der Waals surface area (Å²) in [5.74, 6) is -0.291. The Hall–Kier alpha value is -1.44. The summed E-state index contributed by atoms with van der Waals surface area (Å²) in [6.45, 7) is 4.96. The molecule has 17 heavy (non-hydrogen) atoms. The van der Waals surface area contributed by atoms with Gasteiger partial charge in [-0.05, 0) is 30.7 Å². The van der Waals surface area contributed by atoms with E-state index in [-0.39, 0.29) is 11.9 Å². The van der Waals surface area contributed by atoms with E-state index in [9.17, 15) is 4.39 Å². The van der Waals surface area contributed by atoms with Crippen LogP contribution < -0.4 is 0 Å². The quantitative estimate of drug-likeness (QED) is 0.784. The average Bonchev–Trinajstić information content (AvgIpc) is 2.29. The Morgan fingerprint density at radius 1 is 1.59 bits per heavy atom. The first-order chi connectivity index (χ1) is 8.19. The van der Waals surface area contributed by atoms with Crippen LogP contribution in [0.15, 0.2) is 18.2 Å². The van der Waals surface area contributed by atoms with E-state index in [1.165, 1.54) is 18.2 Å². The van der Waals surface area contributed by atoms with Crippen molar-refractivity contribution in [3.63, 3.8) is 0 Å². The molecule has 1 saturated heterocycles. The number of nitriles is 1. The Morgan fingerprint density at radius 3 is 3.12 bits per heavy atom. The minimum atomic E-state index is -0.291. The molecule has 0 bridgehead atoms. The molecule has 2 rings (SSSR count). The molecule has 0 spiro atoms. The second kappa shape index (κ2) is 5.26. The maximum absolute atomic E-state index is 13.2. The number of benzene rings is 1. The average molecular weight is 234 g/mol. The fourth-order valence-electron chi connectivity index (χ4n) is 2.08. The predicted octanol–water partition coefficient (Wildman–Crippen LogP) is 1.92. The summed E-state index contributed by atoms with van der Waals surface area (Å²) in [6, 6.07) is 6.40. The molecular weight excluding hydrogens is 219 g/mol. The highest BCUT2D eigenvalue weighted by molar-refractivity contribution is 5.37. The Bertz CT molecular complexity index is 442. The minimum absolute atomic E-state index is 0.197. The highest BCUT2D eigenvalue weighted by atomic mass is 19.1. The van der Waals surface area contributed by atoms with E-state index in [4.69, 9.17) is 10.00 Å². The van der Waals surface area contributed by atoms with Crippen LogP contribution in [0.4, 0.5) is 4.39 Å². The van der Waals surface area contributed by atoms with Gasteiger partial charge < -0.3 is 4.74 Å². The molecule has 1 fully saturated rings. The maximum Gasteiger partial charge on any atom is 0.123 e. The summed E-state index contributed by atoms with van der Waals surface area (Å²) in [5.41, 5.74) is 1.30. The van der Waals surface area contributed by atoms with E-state index in [1.54, 1.807) is 0 Å². The third-order valence-electron chi connectivity index (χ3n) is 2.91. The molecule has 4 heteroatoms. The fraction of sp³-hybridized carbons (Fsp3) is 0.462. The second-order valence-electron chi connectivity index (χ2n) is 4.33. The number of morpholine rings is 1. The second-order valence-corrected chi connectivity index (χ2v) is 4.33. The van der Waals surface area contributed by atoms with Gasteiger partial charge >= 0.3 is 0 Å². The van der Waals surface area contributed by atoms with Crippen molar-refractivity contribution in [3.8, 4) is 6.07 Å². The lowest BCUT2D eigenvalue weighted by atomic mass is 10.1. The van der Waals surface area contributed by atoms with E-state index in [0.29, 0.717) is 18.7 Å². The molecule has 1 unspecified atom stereocenters. The van der Waals surface area contributed by atoms with Gasteiger partial charge in [-0.15, -0.1) is 0 Å². The Labute approximate surface area is 100 Å². The van der Waals surface area contributed by atoms with E-state index in [2.05, 4.69) is 11.0 Å². The molecule has 0 aliphatic carbocycles. The number of halogens is 1. The van der Waals surface area contributed by atoms with E-state index in [0.717, 1.165) is 18.7 Å². The van der Waals surface area contributed by atoms with Gasteiger partial charge in [0.15, 0.2) is 0 Å². The number of hydrogen-bond donors (Lipinski definition) is 0. The summed E-state index contributed by atoms with van der Waals surface area (Å²) < 4.78 is 18.6. The molecular formula is C13H15FN2O. The monoisotopic (exact) mass is 234 g/mol. The van der Waals surface area contributed by atoms with E-state index < -0.39 is 0 Å². The Balaban J connectivity index is 2.12. The van der Waals surface area contributed by atoms with Gasteiger partial charge in [0, 0.05) is 19.6 Å². The fourth-order valence-corrected chi connectivity index (χ4v) is 2.08. The van der Waals surface area contributed by atoms with Crippen LogP contribution in [0.25, 0.3) is 0 Å². The van der Waals surface area contributed by atoms with Gasteiger partial charge in [0.25, 0.3) is 0 Å². The van der Waals surface area contributed by atoms with Crippen LogP contribution >= 0.6 is 0 Å². The van der Waals surface area contributed by atoms with Crippen molar-refractivity contribution in [2.45, 2.75) is 19.6 Å². The third-order valence-corrected chi connectivity index (χ3v) is 2.91. The molecule has 0 N–H and O–H groups in total. The molecule has 0 aromatic heterocycles. The standard InChI is InChI=1S/C13H15FN2O/c1-10-8-16(4-5-17-10)9-12-6-13(14)3-2-11(12)7-15/h2-3,6,10H,4-5,8-9H2,1H3. The molecule has 0 radical (unpaired) electrons. The lowest BCUT2D eigenvalue weighted by Crippen LogP contribution is -2.40. The number of hydrogen-bond acceptors (Lipinski definition) is 3. The lowest BCUT2D eigenvalue weighted by Gasteiger charge is -2.31. The molecule has 1 heterocycles. The highest BCUT2D eigenvalue weighted by Crippen LogP contribution is 2.15. The summed E-state index contributed by atoms with van der Waals surface area (Å²) in [7, 11) is 0. The topological polar surface area (TPSA) is 36.3 Å². The van der Waals surface area contributed by atoms with Gasteiger partial charge in [0.05, 0.1) is 24.3 Å². The van der Waals surface area contributed by atoms with Crippen LogP contribution in [-0.2, 0) is 11.3 Å². The summed E-state index contributed by atoms with van der Waals surface area (Å²) in [5, 5.41) is 8.98. The van der Waals surface area contributed by atoms with Crippen molar-refractivity contribution in [3.05, 3.63) is 35.1 Å². The van der Waals surface area contributed by atoms with Crippen LogP contribution in [0.3, 0.4) is 0 Å². The normalized spacial score (nSPS) is 21.1. The minimum Gasteiger partial charge on any atom is -0.376 e. The molecule has 1 atom stereocenters. The zero-order valence-electron chi connectivity index (χ0n) is 9.82. The highest BCUT2D eigenvalue weighted by Gasteiger charge is 2.17. The molecule has 3 nitrogen and oxygen atoms in total. The van der Waals surface area contributed by atoms with Gasteiger partial charge in [0.1, 0.15) is 5.82 Å². The summed E-state index contributed by atoms with van der Waals surface area (Å²) in [6.07, 6.45) is 0.197. The number of rotatable bonds is 2. The first-order valence-electron chi connectivity index (χ1n) is 5.71. The van der Waals surface area contributed by atoms with Crippen molar-refractivity contribution >= 4 is 0 Å². The van der Waals surface area contributed by atoms with Crippen LogP contribution in [0, 0.1) is 17.1 Å². The Kier molecular flexibility index (Phi) is 3.72. The van der Waals surface area contributed by atoms with Crippen LogP contribution in [0.1, 0.15) is 18.1 Å². The molecule has 0 saturated carbocycles.